The molecule has 2 bridgehead atoms. The van der Waals surface area contributed by atoms with Gasteiger partial charge in [-0.2, -0.15) is 0 Å². The molecule has 0 aromatic heterocycles. The first-order valence-electron chi connectivity index (χ1n) is 24.1. The van der Waals surface area contributed by atoms with E-state index in [1.54, 1.807) is 25.9 Å². The van der Waals surface area contributed by atoms with Crippen molar-refractivity contribution < 1.29 is 62.6 Å². The number of nitrogens with zero attached hydrogens (tertiary/aromatic N) is 3. The third-order valence-electron chi connectivity index (χ3n) is 14.9. The van der Waals surface area contributed by atoms with E-state index in [-0.39, 0.29) is 55.6 Å². The number of fused-ring (bicyclic) bond motifs is 3. The average molecular weight is 918 g/mol. The van der Waals surface area contributed by atoms with Crippen LogP contribution in [0.5, 0.6) is 0 Å². The molecule has 0 aromatic rings. The molecule has 65 heavy (non-hydrogen) atoms. The molecule has 0 unspecified atom stereocenters. The Morgan fingerprint density at radius 2 is 1.54 bits per heavy atom. The summed E-state index contributed by atoms with van der Waals surface area (Å²) >= 11 is 0. The van der Waals surface area contributed by atoms with Crippen LogP contribution in [0.1, 0.15) is 112 Å². The lowest BCUT2D eigenvalue weighted by Crippen LogP contribution is -2.64. The number of ether oxygens (including phenoxy) is 6. The van der Waals surface area contributed by atoms with Gasteiger partial charge in [0.1, 0.15) is 30.1 Å². The minimum absolute atomic E-state index is 0.0218. The standard InChI is InChI=1S/C49H79N3O13/c1-11-35-23-29(2)22-30(3)24-41(61-9)44-42(62-10)26-32(5)49(59,65-44)45(55)46(56)52-17-13-12-14-36(52)47(57)64-43(33(6)37(53)28-38(35)54)31(4)25-34-15-16-39(40(27-34)60-8)63-48(58)51-20-18-50(7)19-21-51/h23,25,30,32-37,39-44,53,59H,11-22,24,26-28H2,1-10H3/b29-23+,31-25+/t30-,32+,33+,34-,35+,36-,37-,39+,40+,41-,42-,43+,44+,49+/m0/s1. The fraction of sp³-hybridized carbons (Fsp3) is 0.816. The average Bonchev–Trinajstić information content (AvgIpc) is 3.29. The van der Waals surface area contributed by atoms with Crippen LogP contribution < -0.4 is 0 Å². The van der Waals surface area contributed by atoms with E-state index >= 15 is 0 Å². The van der Waals surface area contributed by atoms with Gasteiger partial charge in [-0.1, -0.05) is 45.4 Å². The molecule has 2 N–H and O–H groups in total. The molecule has 0 spiro atoms. The first kappa shape index (κ1) is 52.7. The van der Waals surface area contributed by atoms with Crippen molar-refractivity contribution in [3.05, 3.63) is 23.3 Å². The number of piperazine rings is 1. The molecule has 4 fully saturated rings. The summed E-state index contributed by atoms with van der Waals surface area (Å²) in [7, 11) is 6.69. The van der Waals surface area contributed by atoms with Gasteiger partial charge in [-0.05, 0) is 103 Å². The maximum absolute atomic E-state index is 14.5. The van der Waals surface area contributed by atoms with Crippen LogP contribution in [0.25, 0.3) is 0 Å². The molecular weight excluding hydrogens is 839 g/mol. The molecule has 0 aromatic carbocycles. The summed E-state index contributed by atoms with van der Waals surface area (Å²) in [4.78, 5) is 75.4. The number of methoxy groups -OCH3 is 3. The number of esters is 1. The highest BCUT2D eigenvalue weighted by Crippen LogP contribution is 2.39. The molecule has 368 valence electrons. The predicted molar refractivity (Wildman–Crippen MR) is 241 cm³/mol. The molecule has 2 amide bonds. The summed E-state index contributed by atoms with van der Waals surface area (Å²) < 4.78 is 36.3. The van der Waals surface area contributed by atoms with Crippen LogP contribution in [0.15, 0.2) is 23.3 Å². The monoisotopic (exact) mass is 918 g/mol. The Morgan fingerprint density at radius 1 is 0.877 bits per heavy atom. The smallest absolute Gasteiger partial charge is 0.410 e. The van der Waals surface area contributed by atoms with Gasteiger partial charge in [-0.25, -0.2) is 9.59 Å². The van der Waals surface area contributed by atoms with Crippen LogP contribution in [-0.4, -0.2) is 170 Å². The van der Waals surface area contributed by atoms with Gasteiger partial charge in [0.05, 0.1) is 24.4 Å². The SMILES string of the molecule is CC[C@@H]1/C=C(\C)C[C@H](C)C[C@H](OC)[C@H]2O[C@@](O)(C(=O)C(=O)N3CCCC[C@H]3C(=O)O[C@H](/C(C)=C/[C@@H]3CC[C@@H](OC(=O)N4CCN(C)CC4)[C@H](OC)C3)[C@H](C)[C@@H](O)CC1=O)[C@H](C)C[C@@H]2OC. The summed E-state index contributed by atoms with van der Waals surface area (Å²) in [5, 5.41) is 23.9. The van der Waals surface area contributed by atoms with Crippen molar-refractivity contribution in [2.24, 2.45) is 29.6 Å². The van der Waals surface area contributed by atoms with Gasteiger partial charge >= 0.3 is 12.1 Å². The fourth-order valence-electron chi connectivity index (χ4n) is 10.7. The molecule has 16 heteroatoms. The number of allylic oxidation sites excluding steroid dienone is 3. The lowest BCUT2D eigenvalue weighted by Gasteiger charge is -2.47. The summed E-state index contributed by atoms with van der Waals surface area (Å²) in [6.45, 7) is 14.0. The van der Waals surface area contributed by atoms with Crippen LogP contribution in [-0.2, 0) is 47.6 Å². The van der Waals surface area contributed by atoms with Crippen molar-refractivity contribution in [2.45, 2.75) is 167 Å². The van der Waals surface area contributed by atoms with E-state index in [9.17, 15) is 34.2 Å². The van der Waals surface area contributed by atoms with Crippen LogP contribution in [0.3, 0.4) is 0 Å². The quantitative estimate of drug-likeness (QED) is 0.200. The van der Waals surface area contributed by atoms with E-state index in [2.05, 4.69) is 11.8 Å². The Morgan fingerprint density at radius 3 is 2.18 bits per heavy atom. The summed E-state index contributed by atoms with van der Waals surface area (Å²) in [5.74, 6) is -7.70. The molecule has 16 nitrogen and oxygen atoms in total. The van der Waals surface area contributed by atoms with Crippen molar-refractivity contribution in [2.75, 3.05) is 61.1 Å². The minimum atomic E-state index is -2.52. The number of amides is 2. The minimum Gasteiger partial charge on any atom is -0.456 e. The summed E-state index contributed by atoms with van der Waals surface area (Å²) in [6, 6.07) is -1.16. The number of Topliss-reactive ketones (excluding diaryl/α,β-unsaturated/α-hetero) is 2. The molecule has 14 atom stereocenters. The number of carbonyl (C=O) groups excluding carboxylic acids is 5. The second kappa shape index (κ2) is 23.7. The number of cyclic esters (lactones) is 1. The van der Waals surface area contributed by atoms with Crippen molar-refractivity contribution in [1.82, 2.24) is 14.7 Å². The third kappa shape index (κ3) is 12.8. The molecule has 0 radical (unpaired) electrons. The van der Waals surface area contributed by atoms with Gasteiger partial charge in [0.15, 0.2) is 0 Å². The second-order valence-electron chi connectivity index (χ2n) is 19.8. The second-order valence-corrected chi connectivity index (χ2v) is 19.8. The van der Waals surface area contributed by atoms with E-state index in [0.29, 0.717) is 70.0 Å². The molecule has 5 aliphatic rings. The molecule has 3 saturated heterocycles. The van der Waals surface area contributed by atoms with Crippen LogP contribution in [0, 0.1) is 29.6 Å². The largest absolute Gasteiger partial charge is 0.456 e. The molecule has 1 saturated carbocycles. The number of aliphatic hydroxyl groups is 2. The topological polar surface area (TPSA) is 191 Å². The number of ketones is 2. The Kier molecular flexibility index (Phi) is 19.2. The van der Waals surface area contributed by atoms with Crippen LogP contribution in [0.4, 0.5) is 4.79 Å². The Hall–Kier alpha value is -3.25. The van der Waals surface area contributed by atoms with Gasteiger partial charge < -0.3 is 53.3 Å². The van der Waals surface area contributed by atoms with E-state index in [0.717, 1.165) is 18.7 Å². The van der Waals surface area contributed by atoms with Gasteiger partial charge in [-0.15, -0.1) is 0 Å². The highest BCUT2D eigenvalue weighted by molar-refractivity contribution is 6.39. The van der Waals surface area contributed by atoms with Crippen LogP contribution in [0.2, 0.25) is 0 Å². The lowest BCUT2D eigenvalue weighted by atomic mass is 9.81. The Bertz CT molecular complexity index is 1710. The van der Waals surface area contributed by atoms with E-state index in [1.807, 2.05) is 40.0 Å². The van der Waals surface area contributed by atoms with Crippen molar-refractivity contribution >= 4 is 29.5 Å². The Labute approximate surface area is 386 Å². The predicted octanol–water partition coefficient (Wildman–Crippen LogP) is 4.86. The maximum atomic E-state index is 14.5. The van der Waals surface area contributed by atoms with Gasteiger partial charge in [0.2, 0.25) is 5.79 Å². The fourth-order valence-corrected chi connectivity index (χ4v) is 10.7. The van der Waals surface area contributed by atoms with Crippen molar-refractivity contribution in [3.63, 3.8) is 0 Å². The normalized spacial score (nSPS) is 39.1. The number of likely N-dealkylation sites (N-methyl/N-ethyl adjacent to an activating group) is 1. The lowest BCUT2D eigenvalue weighted by molar-refractivity contribution is -0.302. The van der Waals surface area contributed by atoms with E-state index in [4.69, 9.17) is 28.4 Å². The zero-order chi connectivity index (χ0) is 47.7. The van der Waals surface area contributed by atoms with Crippen LogP contribution >= 0.6 is 0 Å². The number of carbonyl (C=O) groups is 5. The molecule has 4 aliphatic heterocycles. The number of hydrogen-bond acceptors (Lipinski definition) is 14. The first-order valence-corrected chi connectivity index (χ1v) is 24.1. The van der Waals surface area contributed by atoms with Crippen molar-refractivity contribution in [3.8, 4) is 0 Å². The van der Waals surface area contributed by atoms with Gasteiger partial charge in [0, 0.05) is 78.2 Å². The van der Waals surface area contributed by atoms with E-state index < -0.39 is 83.9 Å². The zero-order valence-corrected chi connectivity index (χ0v) is 40.7. The zero-order valence-electron chi connectivity index (χ0n) is 40.7. The maximum Gasteiger partial charge on any atom is 0.410 e. The Balaban J connectivity index is 1.46. The first-order chi connectivity index (χ1) is 30.8. The molecule has 1 aliphatic carbocycles. The van der Waals surface area contributed by atoms with Crippen molar-refractivity contribution in [1.29, 1.82) is 0 Å². The van der Waals surface area contributed by atoms with Gasteiger partial charge in [-0.3, -0.25) is 14.4 Å². The number of hydrogen-bond donors (Lipinski definition) is 2. The number of aliphatic hydroxyl groups excluding tert-OH is 1. The number of rotatable bonds is 7. The third-order valence-corrected chi connectivity index (χ3v) is 14.9. The number of piperidine rings is 1. The summed E-state index contributed by atoms with van der Waals surface area (Å²) in [5.41, 5.74) is 1.63. The molecule has 4 heterocycles. The molecular formula is C49H79N3O13. The van der Waals surface area contributed by atoms with E-state index in [1.165, 1.54) is 19.1 Å². The highest BCUT2D eigenvalue weighted by Gasteiger charge is 2.56. The highest BCUT2D eigenvalue weighted by atomic mass is 16.7. The molecule has 5 rings (SSSR count). The van der Waals surface area contributed by atoms with Gasteiger partial charge in [0.25, 0.3) is 11.7 Å². The summed E-state index contributed by atoms with van der Waals surface area (Å²) in [6.07, 6.45) is 3.24.